The van der Waals surface area contributed by atoms with Crippen molar-refractivity contribution >= 4 is 5.91 Å². The SMILES string of the molecule is Cc1nc(C2CN(Cc3ccccc3)CC23CN(C(=O)c2ccccc2)C3)n[nH]1. The number of benzene rings is 2. The zero-order valence-corrected chi connectivity index (χ0v) is 16.6. The van der Waals surface area contributed by atoms with Crippen LogP contribution in [0.3, 0.4) is 0 Å². The molecule has 3 heterocycles. The van der Waals surface area contributed by atoms with Crippen LogP contribution in [0.5, 0.6) is 0 Å². The molecule has 148 valence electrons. The minimum absolute atomic E-state index is 0.0217. The Bertz CT molecular complexity index is 994. The number of aryl methyl sites for hydroxylation is 1. The van der Waals surface area contributed by atoms with Crippen molar-refractivity contribution in [1.82, 2.24) is 25.0 Å². The molecule has 1 unspecified atom stereocenters. The molecule has 0 bridgehead atoms. The van der Waals surface area contributed by atoms with E-state index < -0.39 is 0 Å². The van der Waals surface area contributed by atoms with Gasteiger partial charge < -0.3 is 4.90 Å². The van der Waals surface area contributed by atoms with Crippen LogP contribution in [0.15, 0.2) is 60.7 Å². The van der Waals surface area contributed by atoms with Crippen LogP contribution in [0.1, 0.15) is 33.5 Å². The van der Waals surface area contributed by atoms with Gasteiger partial charge in [0.2, 0.25) is 0 Å². The lowest BCUT2D eigenvalue weighted by Gasteiger charge is -2.50. The minimum Gasteiger partial charge on any atom is -0.337 e. The zero-order valence-electron chi connectivity index (χ0n) is 16.6. The number of carbonyl (C=O) groups excluding carboxylic acids is 1. The summed E-state index contributed by atoms with van der Waals surface area (Å²) in [6.45, 7) is 6.23. The zero-order chi connectivity index (χ0) is 19.8. The first-order valence-electron chi connectivity index (χ1n) is 10.1. The van der Waals surface area contributed by atoms with Crippen LogP contribution >= 0.6 is 0 Å². The van der Waals surface area contributed by atoms with E-state index in [0.29, 0.717) is 0 Å². The van der Waals surface area contributed by atoms with E-state index in [-0.39, 0.29) is 17.2 Å². The number of H-pyrrole nitrogens is 1. The first-order valence-corrected chi connectivity index (χ1v) is 10.1. The van der Waals surface area contributed by atoms with E-state index in [1.165, 1.54) is 5.56 Å². The normalized spacial score (nSPS) is 20.7. The Labute approximate surface area is 170 Å². The summed E-state index contributed by atoms with van der Waals surface area (Å²) in [4.78, 5) is 22.0. The third-order valence-corrected chi connectivity index (χ3v) is 6.21. The van der Waals surface area contributed by atoms with Gasteiger partial charge in [-0.25, -0.2) is 4.98 Å². The van der Waals surface area contributed by atoms with Gasteiger partial charge in [0.25, 0.3) is 5.91 Å². The Morgan fingerprint density at radius 1 is 1.07 bits per heavy atom. The molecule has 6 heteroatoms. The Morgan fingerprint density at radius 3 is 2.41 bits per heavy atom. The summed E-state index contributed by atoms with van der Waals surface area (Å²) in [5, 5.41) is 7.47. The smallest absolute Gasteiger partial charge is 0.253 e. The average Bonchev–Trinajstić information content (AvgIpc) is 3.31. The van der Waals surface area contributed by atoms with Gasteiger partial charge in [-0.15, -0.1) is 0 Å². The Kier molecular flexibility index (Phi) is 4.43. The van der Waals surface area contributed by atoms with Gasteiger partial charge in [-0.1, -0.05) is 48.5 Å². The lowest BCUT2D eigenvalue weighted by Crippen LogP contribution is -2.61. The van der Waals surface area contributed by atoms with Gasteiger partial charge in [0.1, 0.15) is 5.82 Å². The van der Waals surface area contributed by atoms with Crippen LogP contribution in [0.25, 0.3) is 0 Å². The highest BCUT2D eigenvalue weighted by Crippen LogP contribution is 2.49. The molecule has 1 aromatic heterocycles. The number of nitrogens with zero attached hydrogens (tertiary/aromatic N) is 4. The quantitative estimate of drug-likeness (QED) is 0.748. The molecular formula is C23H25N5O. The van der Waals surface area contributed by atoms with Crippen LogP contribution in [0.2, 0.25) is 0 Å². The largest absolute Gasteiger partial charge is 0.337 e. The summed E-state index contributed by atoms with van der Waals surface area (Å²) in [5.74, 6) is 2.07. The maximum atomic E-state index is 12.9. The highest BCUT2D eigenvalue weighted by atomic mass is 16.2. The molecule has 1 amide bonds. The third kappa shape index (κ3) is 3.34. The number of aromatic nitrogens is 3. The minimum atomic E-state index is 0.0217. The predicted octanol–water partition coefficient (Wildman–Crippen LogP) is 2.85. The lowest BCUT2D eigenvalue weighted by atomic mass is 9.71. The van der Waals surface area contributed by atoms with Crippen LogP contribution in [0.4, 0.5) is 0 Å². The molecule has 2 aliphatic rings. The molecule has 2 fully saturated rings. The second-order valence-electron chi connectivity index (χ2n) is 8.38. The number of carbonyl (C=O) groups is 1. The molecule has 1 spiro atoms. The summed E-state index contributed by atoms with van der Waals surface area (Å²) in [6.07, 6.45) is 0. The van der Waals surface area contributed by atoms with Gasteiger partial charge in [0.15, 0.2) is 5.82 Å². The number of aromatic amines is 1. The van der Waals surface area contributed by atoms with E-state index in [2.05, 4.69) is 44.3 Å². The standard InChI is InChI=1S/C23H25N5O/c1-17-24-21(26-25-17)20-13-27(12-18-8-4-2-5-9-18)14-23(20)15-28(16-23)22(29)19-10-6-3-7-11-19/h2-11,20H,12-16H2,1H3,(H,24,25,26). The molecule has 0 aliphatic carbocycles. The maximum Gasteiger partial charge on any atom is 0.253 e. The van der Waals surface area contributed by atoms with Crippen LogP contribution < -0.4 is 0 Å². The Morgan fingerprint density at radius 2 is 1.76 bits per heavy atom. The van der Waals surface area contributed by atoms with E-state index in [1.54, 1.807) is 0 Å². The summed E-state index contributed by atoms with van der Waals surface area (Å²) in [5.41, 5.74) is 2.09. The topological polar surface area (TPSA) is 65.1 Å². The molecule has 0 radical (unpaired) electrons. The van der Waals surface area contributed by atoms with E-state index in [1.807, 2.05) is 48.2 Å². The molecule has 0 saturated carbocycles. The predicted molar refractivity (Wildman–Crippen MR) is 110 cm³/mol. The molecule has 1 atom stereocenters. The van der Waals surface area contributed by atoms with Gasteiger partial charge in [0.05, 0.1) is 0 Å². The van der Waals surface area contributed by atoms with Gasteiger partial charge in [0, 0.05) is 49.6 Å². The fourth-order valence-electron chi connectivity index (χ4n) is 4.85. The maximum absolute atomic E-state index is 12.9. The van der Waals surface area contributed by atoms with Crippen molar-refractivity contribution in [3.05, 3.63) is 83.4 Å². The van der Waals surface area contributed by atoms with Crippen molar-refractivity contribution in [2.24, 2.45) is 5.41 Å². The number of likely N-dealkylation sites (tertiary alicyclic amines) is 2. The molecule has 2 aromatic carbocycles. The number of nitrogens with one attached hydrogen (secondary N) is 1. The summed E-state index contributed by atoms with van der Waals surface area (Å²) < 4.78 is 0. The first-order chi connectivity index (χ1) is 14.1. The van der Waals surface area contributed by atoms with Crippen LogP contribution in [-0.2, 0) is 6.54 Å². The number of amides is 1. The molecule has 3 aromatic rings. The number of hydrogen-bond donors (Lipinski definition) is 1. The van der Waals surface area contributed by atoms with E-state index >= 15 is 0 Å². The highest BCUT2D eigenvalue weighted by Gasteiger charge is 2.57. The van der Waals surface area contributed by atoms with Crippen molar-refractivity contribution in [2.75, 3.05) is 26.2 Å². The highest BCUT2D eigenvalue weighted by molar-refractivity contribution is 5.94. The monoisotopic (exact) mass is 387 g/mol. The molecule has 5 rings (SSSR count). The van der Waals surface area contributed by atoms with Crippen LogP contribution in [-0.4, -0.2) is 57.1 Å². The Balaban J connectivity index is 1.36. The third-order valence-electron chi connectivity index (χ3n) is 6.21. The Hall–Kier alpha value is -2.99. The van der Waals surface area contributed by atoms with Crippen LogP contribution in [0, 0.1) is 12.3 Å². The molecule has 6 nitrogen and oxygen atoms in total. The second kappa shape index (κ2) is 7.12. The van der Waals surface area contributed by atoms with Crippen molar-refractivity contribution in [2.45, 2.75) is 19.4 Å². The average molecular weight is 387 g/mol. The first kappa shape index (κ1) is 18.1. The van der Waals surface area contributed by atoms with Gasteiger partial charge in [-0.05, 0) is 24.6 Å². The van der Waals surface area contributed by atoms with Crippen molar-refractivity contribution in [3.63, 3.8) is 0 Å². The second-order valence-corrected chi connectivity index (χ2v) is 8.38. The summed E-state index contributed by atoms with van der Waals surface area (Å²) in [7, 11) is 0. The van der Waals surface area contributed by atoms with Crippen molar-refractivity contribution in [3.8, 4) is 0 Å². The van der Waals surface area contributed by atoms with E-state index in [0.717, 1.165) is 49.9 Å². The van der Waals surface area contributed by atoms with Crippen molar-refractivity contribution < 1.29 is 4.79 Å². The lowest BCUT2D eigenvalue weighted by molar-refractivity contribution is 0.00180. The summed E-state index contributed by atoms with van der Waals surface area (Å²) >= 11 is 0. The molecule has 29 heavy (non-hydrogen) atoms. The number of hydrogen-bond acceptors (Lipinski definition) is 4. The van der Waals surface area contributed by atoms with Gasteiger partial charge >= 0.3 is 0 Å². The summed E-state index contributed by atoms with van der Waals surface area (Å²) in [6, 6.07) is 20.1. The molecule has 2 saturated heterocycles. The fraction of sp³-hybridized carbons (Fsp3) is 0.348. The van der Waals surface area contributed by atoms with Crippen molar-refractivity contribution in [1.29, 1.82) is 0 Å². The van der Waals surface area contributed by atoms with Gasteiger partial charge in [-0.3, -0.25) is 14.8 Å². The molecule has 1 N–H and O–H groups in total. The van der Waals surface area contributed by atoms with E-state index in [9.17, 15) is 4.79 Å². The van der Waals surface area contributed by atoms with E-state index in [4.69, 9.17) is 0 Å². The number of rotatable bonds is 4. The fourth-order valence-corrected chi connectivity index (χ4v) is 4.85. The molecular weight excluding hydrogens is 362 g/mol. The molecule has 2 aliphatic heterocycles. The van der Waals surface area contributed by atoms with Gasteiger partial charge in [-0.2, -0.15) is 5.10 Å².